The number of alkyl halides is 3. The van der Waals surface area contributed by atoms with Crippen LogP contribution in [0, 0.1) is 0 Å². The fourth-order valence-corrected chi connectivity index (χ4v) is 3.21. The van der Waals surface area contributed by atoms with Gasteiger partial charge in [-0.25, -0.2) is 0 Å². The standard InChI is InChI=1S/C15H16F3NOS/c1-19-13(21)14(8-3-2-7-12(14)20)10-5-4-6-11(9-10)15(16,17)18/h4-6,9H,2-3,7-8H2,1H3,(H,19,21). The van der Waals surface area contributed by atoms with Gasteiger partial charge in [-0.15, -0.1) is 0 Å². The molecule has 114 valence electrons. The van der Waals surface area contributed by atoms with Gasteiger partial charge in [-0.1, -0.05) is 36.8 Å². The third-order valence-electron chi connectivity index (χ3n) is 3.98. The normalized spacial score (nSPS) is 23.0. The summed E-state index contributed by atoms with van der Waals surface area (Å²) in [6, 6.07) is 4.95. The summed E-state index contributed by atoms with van der Waals surface area (Å²) >= 11 is 5.27. The van der Waals surface area contributed by atoms with Crippen LogP contribution in [0.15, 0.2) is 24.3 Å². The van der Waals surface area contributed by atoms with E-state index in [0.717, 1.165) is 25.0 Å². The van der Waals surface area contributed by atoms with Gasteiger partial charge in [0.2, 0.25) is 0 Å². The van der Waals surface area contributed by atoms with Gasteiger partial charge in [0.25, 0.3) is 0 Å². The molecule has 0 bridgehead atoms. The number of Topliss-reactive ketones (excluding diaryl/α,β-unsaturated/α-hetero) is 1. The van der Waals surface area contributed by atoms with Crippen molar-refractivity contribution >= 4 is 23.0 Å². The minimum Gasteiger partial charge on any atom is -0.382 e. The Bertz CT molecular complexity index is 560. The Kier molecular flexibility index (Phi) is 4.37. The average molecular weight is 315 g/mol. The van der Waals surface area contributed by atoms with Crippen LogP contribution in [0.3, 0.4) is 0 Å². The maximum absolute atomic E-state index is 12.9. The molecule has 21 heavy (non-hydrogen) atoms. The molecule has 0 spiro atoms. The van der Waals surface area contributed by atoms with Crippen molar-refractivity contribution in [2.75, 3.05) is 7.05 Å². The Labute approximate surface area is 126 Å². The van der Waals surface area contributed by atoms with Crippen molar-refractivity contribution in [3.63, 3.8) is 0 Å². The Hall–Kier alpha value is -1.43. The van der Waals surface area contributed by atoms with E-state index in [4.69, 9.17) is 12.2 Å². The zero-order valence-electron chi connectivity index (χ0n) is 11.6. The van der Waals surface area contributed by atoms with Gasteiger partial charge < -0.3 is 5.32 Å². The minimum absolute atomic E-state index is 0.104. The van der Waals surface area contributed by atoms with Crippen molar-refractivity contribution in [3.8, 4) is 0 Å². The molecule has 1 aromatic carbocycles. The van der Waals surface area contributed by atoms with Gasteiger partial charge in [-0.2, -0.15) is 13.2 Å². The first-order valence-electron chi connectivity index (χ1n) is 6.75. The molecule has 0 aromatic heterocycles. The highest BCUT2D eigenvalue weighted by Crippen LogP contribution is 2.40. The Morgan fingerprint density at radius 2 is 2.05 bits per heavy atom. The Morgan fingerprint density at radius 3 is 2.62 bits per heavy atom. The van der Waals surface area contributed by atoms with Gasteiger partial charge in [0.15, 0.2) is 0 Å². The van der Waals surface area contributed by atoms with Crippen LogP contribution in [0.1, 0.15) is 36.8 Å². The molecule has 0 aliphatic heterocycles. The van der Waals surface area contributed by atoms with Crippen molar-refractivity contribution < 1.29 is 18.0 Å². The molecule has 1 saturated carbocycles. The number of nitrogens with one attached hydrogen (secondary N) is 1. The van der Waals surface area contributed by atoms with Crippen LogP contribution >= 0.6 is 12.2 Å². The predicted octanol–water partition coefficient (Wildman–Crippen LogP) is 3.63. The molecule has 1 aliphatic carbocycles. The third-order valence-corrected chi connectivity index (χ3v) is 4.53. The Morgan fingerprint density at radius 1 is 1.33 bits per heavy atom. The average Bonchev–Trinajstić information content (AvgIpc) is 2.46. The van der Waals surface area contributed by atoms with Crippen LogP contribution in [0.4, 0.5) is 13.2 Å². The van der Waals surface area contributed by atoms with E-state index < -0.39 is 17.2 Å². The van der Waals surface area contributed by atoms with E-state index in [0.29, 0.717) is 23.4 Å². The number of hydrogen-bond acceptors (Lipinski definition) is 2. The second-order valence-electron chi connectivity index (χ2n) is 5.19. The summed E-state index contributed by atoms with van der Waals surface area (Å²) in [5.74, 6) is -0.104. The number of likely N-dealkylation sites (N-methyl/N-ethyl adjacent to an activating group) is 1. The summed E-state index contributed by atoms with van der Waals surface area (Å²) in [5, 5.41) is 2.79. The number of halogens is 3. The van der Waals surface area contributed by atoms with Crippen LogP contribution in [0.5, 0.6) is 0 Å². The molecular weight excluding hydrogens is 299 g/mol. The lowest BCUT2D eigenvalue weighted by Crippen LogP contribution is -2.49. The van der Waals surface area contributed by atoms with Crippen molar-refractivity contribution in [3.05, 3.63) is 35.4 Å². The smallest absolute Gasteiger partial charge is 0.382 e. The molecule has 0 radical (unpaired) electrons. The maximum atomic E-state index is 12.9. The molecule has 2 nitrogen and oxygen atoms in total. The highest BCUT2D eigenvalue weighted by Gasteiger charge is 2.45. The topological polar surface area (TPSA) is 29.1 Å². The molecule has 2 rings (SSSR count). The largest absolute Gasteiger partial charge is 0.416 e. The SMILES string of the molecule is CNC(=S)C1(c2cccc(C(F)(F)F)c2)CCCCC1=O. The molecule has 0 heterocycles. The van der Waals surface area contributed by atoms with Crippen molar-refractivity contribution in [1.29, 1.82) is 0 Å². The van der Waals surface area contributed by atoms with E-state index in [-0.39, 0.29) is 5.78 Å². The van der Waals surface area contributed by atoms with Crippen LogP contribution in [0.2, 0.25) is 0 Å². The summed E-state index contributed by atoms with van der Waals surface area (Å²) in [5.41, 5.74) is -1.54. The summed E-state index contributed by atoms with van der Waals surface area (Å²) in [6.45, 7) is 0. The quantitative estimate of drug-likeness (QED) is 0.845. The zero-order chi connectivity index (χ0) is 15.7. The van der Waals surface area contributed by atoms with Gasteiger partial charge in [-0.3, -0.25) is 4.79 Å². The van der Waals surface area contributed by atoms with E-state index in [2.05, 4.69) is 5.32 Å². The van der Waals surface area contributed by atoms with Gasteiger partial charge in [0, 0.05) is 13.5 Å². The molecule has 0 saturated heterocycles. The van der Waals surface area contributed by atoms with E-state index in [1.165, 1.54) is 6.07 Å². The van der Waals surface area contributed by atoms with Crippen LogP contribution < -0.4 is 5.32 Å². The van der Waals surface area contributed by atoms with Crippen LogP contribution in [0.25, 0.3) is 0 Å². The molecular formula is C15H16F3NOS. The van der Waals surface area contributed by atoms with Crippen molar-refractivity contribution in [2.24, 2.45) is 0 Å². The molecule has 0 amide bonds. The molecule has 1 N–H and O–H groups in total. The van der Waals surface area contributed by atoms with E-state index in [1.54, 1.807) is 13.1 Å². The number of benzene rings is 1. The third kappa shape index (κ3) is 2.81. The second-order valence-corrected chi connectivity index (χ2v) is 5.60. The predicted molar refractivity (Wildman–Crippen MR) is 78.3 cm³/mol. The number of hydrogen-bond donors (Lipinski definition) is 1. The van der Waals surface area contributed by atoms with Gasteiger partial charge >= 0.3 is 6.18 Å². The first-order chi connectivity index (χ1) is 9.82. The van der Waals surface area contributed by atoms with Gasteiger partial charge in [0.05, 0.1) is 10.6 Å². The number of carbonyl (C=O) groups excluding carboxylic acids is 1. The summed E-state index contributed by atoms with van der Waals surface area (Å²) in [4.78, 5) is 12.8. The Balaban J connectivity index is 2.57. The molecule has 1 aliphatic rings. The lowest BCUT2D eigenvalue weighted by Gasteiger charge is -2.37. The summed E-state index contributed by atoms with van der Waals surface area (Å²) in [7, 11) is 1.60. The highest BCUT2D eigenvalue weighted by molar-refractivity contribution is 7.80. The lowest BCUT2D eigenvalue weighted by molar-refractivity contribution is -0.137. The minimum atomic E-state index is -4.43. The van der Waals surface area contributed by atoms with Crippen LogP contribution in [-0.2, 0) is 16.4 Å². The first kappa shape index (κ1) is 15.9. The lowest BCUT2D eigenvalue weighted by atomic mass is 9.68. The van der Waals surface area contributed by atoms with Crippen molar-refractivity contribution in [1.82, 2.24) is 5.32 Å². The molecule has 1 fully saturated rings. The second kappa shape index (κ2) is 5.75. The van der Waals surface area contributed by atoms with Crippen LogP contribution in [-0.4, -0.2) is 17.8 Å². The molecule has 1 atom stereocenters. The fourth-order valence-electron chi connectivity index (χ4n) is 2.88. The van der Waals surface area contributed by atoms with E-state index >= 15 is 0 Å². The summed E-state index contributed by atoms with van der Waals surface area (Å²) < 4.78 is 38.7. The van der Waals surface area contributed by atoms with Gasteiger partial charge in [-0.05, 0) is 24.5 Å². The maximum Gasteiger partial charge on any atom is 0.416 e. The van der Waals surface area contributed by atoms with E-state index in [9.17, 15) is 18.0 Å². The molecule has 6 heteroatoms. The fraction of sp³-hybridized carbons (Fsp3) is 0.467. The number of rotatable bonds is 2. The summed E-state index contributed by atoms with van der Waals surface area (Å²) in [6.07, 6.45) is -2.11. The van der Waals surface area contributed by atoms with E-state index in [1.807, 2.05) is 0 Å². The van der Waals surface area contributed by atoms with Gasteiger partial charge in [0.1, 0.15) is 11.2 Å². The number of ketones is 1. The molecule has 1 aromatic rings. The first-order valence-corrected chi connectivity index (χ1v) is 7.16. The monoisotopic (exact) mass is 315 g/mol. The highest BCUT2D eigenvalue weighted by atomic mass is 32.1. The molecule has 1 unspecified atom stereocenters. The zero-order valence-corrected chi connectivity index (χ0v) is 12.4. The number of carbonyl (C=O) groups is 1. The number of thiocarbonyl (C=S) groups is 1. The van der Waals surface area contributed by atoms with Crippen molar-refractivity contribution in [2.45, 2.75) is 37.3 Å².